The van der Waals surface area contributed by atoms with E-state index >= 15 is 0 Å². The van der Waals surface area contributed by atoms with Crippen molar-refractivity contribution in [2.24, 2.45) is 10.9 Å². The van der Waals surface area contributed by atoms with Crippen molar-refractivity contribution in [3.8, 4) is 0 Å². The highest BCUT2D eigenvalue weighted by molar-refractivity contribution is 7.19. The quantitative estimate of drug-likeness (QED) is 0.635. The second-order valence-electron chi connectivity index (χ2n) is 6.08. The van der Waals surface area contributed by atoms with Gasteiger partial charge in [0.15, 0.2) is 0 Å². The summed E-state index contributed by atoms with van der Waals surface area (Å²) in [5.74, 6) is 0.411. The molecule has 1 unspecified atom stereocenters. The fraction of sp³-hybridized carbons (Fsp3) is 0.368. The molecule has 1 aromatic carbocycles. The van der Waals surface area contributed by atoms with E-state index in [0.29, 0.717) is 5.84 Å². The Balaban J connectivity index is 1.99. The maximum absolute atomic E-state index is 12.3. The van der Waals surface area contributed by atoms with E-state index in [-0.39, 0.29) is 17.9 Å². The summed E-state index contributed by atoms with van der Waals surface area (Å²) in [6, 6.07) is 10.8. The number of carbonyl (C=O) groups is 1. The molecule has 5 heteroatoms. The van der Waals surface area contributed by atoms with Crippen LogP contribution in [-0.4, -0.2) is 29.7 Å². The summed E-state index contributed by atoms with van der Waals surface area (Å²) in [4.78, 5) is 19.8. The summed E-state index contributed by atoms with van der Waals surface area (Å²) in [6.07, 6.45) is 1.43. The number of nitrogens with one attached hydrogen (secondary N) is 1. The lowest BCUT2D eigenvalue weighted by Crippen LogP contribution is -2.43. The molecule has 1 aromatic heterocycles. The Bertz CT molecular complexity index is 717. The van der Waals surface area contributed by atoms with E-state index in [2.05, 4.69) is 66.1 Å². The Kier molecular flexibility index (Phi) is 6.29. The Labute approximate surface area is 147 Å². The van der Waals surface area contributed by atoms with E-state index in [9.17, 15) is 4.79 Å². The number of benzene rings is 1. The number of rotatable bonds is 6. The van der Waals surface area contributed by atoms with Gasteiger partial charge in [-0.15, -0.1) is 11.3 Å². The smallest absolute Gasteiger partial charge is 0.229 e. The SMILES string of the molecule is C=C/N=C(\C)NC(=O)[C@@H](C)C(C)N(C)Cc1cc2ccccc2s1. The van der Waals surface area contributed by atoms with Gasteiger partial charge in [0.25, 0.3) is 0 Å². The van der Waals surface area contributed by atoms with E-state index in [1.165, 1.54) is 21.2 Å². The van der Waals surface area contributed by atoms with E-state index in [1.807, 2.05) is 18.3 Å². The van der Waals surface area contributed by atoms with Gasteiger partial charge in [-0.05, 0) is 38.4 Å². The summed E-state index contributed by atoms with van der Waals surface area (Å²) in [6.45, 7) is 10.2. The monoisotopic (exact) mass is 343 g/mol. The van der Waals surface area contributed by atoms with Gasteiger partial charge < -0.3 is 5.32 Å². The van der Waals surface area contributed by atoms with Crippen LogP contribution in [0.3, 0.4) is 0 Å². The molecule has 0 aliphatic rings. The fourth-order valence-corrected chi connectivity index (χ4v) is 3.69. The van der Waals surface area contributed by atoms with Crippen molar-refractivity contribution >= 4 is 33.2 Å². The molecule has 0 bridgehead atoms. The fourth-order valence-electron chi connectivity index (χ4n) is 2.57. The van der Waals surface area contributed by atoms with Crippen LogP contribution in [0.2, 0.25) is 0 Å². The van der Waals surface area contributed by atoms with E-state index in [1.54, 1.807) is 6.92 Å². The molecule has 0 aliphatic heterocycles. The lowest BCUT2D eigenvalue weighted by Gasteiger charge is -2.28. The number of aliphatic imine (C=N–C) groups is 1. The minimum Gasteiger partial charge on any atom is -0.314 e. The molecule has 24 heavy (non-hydrogen) atoms. The van der Waals surface area contributed by atoms with Gasteiger partial charge in [0.2, 0.25) is 5.91 Å². The van der Waals surface area contributed by atoms with Crippen molar-refractivity contribution in [3.63, 3.8) is 0 Å². The zero-order chi connectivity index (χ0) is 17.7. The lowest BCUT2D eigenvalue weighted by molar-refractivity contribution is -0.124. The Morgan fingerprint density at radius 3 is 2.79 bits per heavy atom. The van der Waals surface area contributed by atoms with Crippen molar-refractivity contribution in [1.29, 1.82) is 0 Å². The number of carbonyl (C=O) groups excluding carboxylic acids is 1. The van der Waals surface area contributed by atoms with Gasteiger partial charge >= 0.3 is 0 Å². The number of fused-ring (bicyclic) bond motifs is 1. The van der Waals surface area contributed by atoms with Crippen LogP contribution in [-0.2, 0) is 11.3 Å². The summed E-state index contributed by atoms with van der Waals surface area (Å²) in [7, 11) is 2.06. The molecule has 1 heterocycles. The average molecular weight is 343 g/mol. The normalized spacial score (nSPS) is 14.6. The summed E-state index contributed by atoms with van der Waals surface area (Å²) in [5.41, 5.74) is 0. The highest BCUT2D eigenvalue weighted by atomic mass is 32.1. The van der Waals surface area contributed by atoms with E-state index < -0.39 is 0 Å². The Morgan fingerprint density at radius 1 is 1.42 bits per heavy atom. The van der Waals surface area contributed by atoms with Crippen LogP contribution in [0.4, 0.5) is 0 Å². The minimum atomic E-state index is -0.139. The number of nitrogens with zero attached hydrogens (tertiary/aromatic N) is 2. The third kappa shape index (κ3) is 4.52. The lowest BCUT2D eigenvalue weighted by atomic mass is 10.0. The Hall–Kier alpha value is -1.98. The summed E-state index contributed by atoms with van der Waals surface area (Å²) < 4.78 is 1.30. The largest absolute Gasteiger partial charge is 0.314 e. The highest BCUT2D eigenvalue weighted by Gasteiger charge is 2.24. The third-order valence-corrected chi connectivity index (χ3v) is 5.40. The molecule has 0 saturated carbocycles. The number of amides is 1. The molecular weight excluding hydrogens is 318 g/mol. The molecule has 2 atom stereocenters. The van der Waals surface area contributed by atoms with Crippen molar-refractivity contribution in [1.82, 2.24) is 10.2 Å². The van der Waals surface area contributed by atoms with Gasteiger partial charge in [-0.25, -0.2) is 4.99 Å². The highest BCUT2D eigenvalue weighted by Crippen LogP contribution is 2.27. The molecule has 0 spiro atoms. The van der Waals surface area contributed by atoms with Gasteiger partial charge in [0.05, 0.1) is 5.92 Å². The van der Waals surface area contributed by atoms with Crippen LogP contribution >= 0.6 is 11.3 Å². The molecule has 0 saturated heterocycles. The molecule has 1 N–H and O–H groups in total. The second-order valence-corrected chi connectivity index (χ2v) is 7.25. The minimum absolute atomic E-state index is 0.0196. The van der Waals surface area contributed by atoms with Crippen molar-refractivity contribution < 1.29 is 4.79 Å². The number of amidine groups is 1. The van der Waals surface area contributed by atoms with Crippen LogP contribution in [0.1, 0.15) is 25.6 Å². The first-order valence-corrected chi connectivity index (χ1v) is 8.88. The molecule has 0 radical (unpaired) electrons. The zero-order valence-electron chi connectivity index (χ0n) is 14.7. The molecular formula is C19H25N3OS. The molecule has 0 aliphatic carbocycles. The number of hydrogen-bond donors (Lipinski definition) is 1. The molecule has 4 nitrogen and oxygen atoms in total. The number of hydrogen-bond acceptors (Lipinski definition) is 4. The summed E-state index contributed by atoms with van der Waals surface area (Å²) >= 11 is 1.81. The molecule has 128 valence electrons. The topological polar surface area (TPSA) is 44.7 Å². The molecule has 2 rings (SSSR count). The van der Waals surface area contributed by atoms with E-state index in [4.69, 9.17) is 0 Å². The van der Waals surface area contributed by atoms with Gasteiger partial charge in [-0.1, -0.05) is 31.7 Å². The molecule has 2 aromatic rings. The maximum atomic E-state index is 12.3. The van der Waals surface area contributed by atoms with Crippen LogP contribution in [0.15, 0.2) is 48.1 Å². The Morgan fingerprint density at radius 2 is 2.12 bits per heavy atom. The van der Waals surface area contributed by atoms with Crippen molar-refractivity contribution in [2.75, 3.05) is 7.05 Å². The van der Waals surface area contributed by atoms with Gasteiger partial charge in [-0.2, -0.15) is 0 Å². The first-order chi connectivity index (χ1) is 11.4. The standard InChI is InChI=1S/C19H25N3OS/c1-6-20-15(4)21-19(23)13(2)14(3)22(5)12-17-11-16-9-7-8-10-18(16)24-17/h6-11,13-14H,1,12H2,2-5H3,(H,20,21,23)/t13-,14?/m0/s1. The first-order valence-electron chi connectivity index (χ1n) is 8.06. The predicted octanol–water partition coefficient (Wildman–Crippen LogP) is 4.04. The van der Waals surface area contributed by atoms with Gasteiger partial charge in [0, 0.05) is 28.4 Å². The van der Waals surface area contributed by atoms with Crippen molar-refractivity contribution in [2.45, 2.75) is 33.4 Å². The second kappa shape index (κ2) is 8.22. The predicted molar refractivity (Wildman–Crippen MR) is 103 cm³/mol. The van der Waals surface area contributed by atoms with Crippen LogP contribution in [0, 0.1) is 5.92 Å². The average Bonchev–Trinajstić information content (AvgIpc) is 2.95. The number of thiophene rings is 1. The van der Waals surface area contributed by atoms with E-state index in [0.717, 1.165) is 6.54 Å². The van der Waals surface area contributed by atoms with Gasteiger partial charge in [-0.3, -0.25) is 9.69 Å². The third-order valence-electron chi connectivity index (χ3n) is 4.30. The van der Waals surface area contributed by atoms with Crippen LogP contribution in [0.25, 0.3) is 10.1 Å². The molecule has 0 fully saturated rings. The van der Waals surface area contributed by atoms with Crippen LogP contribution in [0.5, 0.6) is 0 Å². The zero-order valence-corrected chi connectivity index (χ0v) is 15.6. The molecule has 1 amide bonds. The first kappa shape index (κ1) is 18.4. The maximum Gasteiger partial charge on any atom is 0.229 e. The van der Waals surface area contributed by atoms with Crippen LogP contribution < -0.4 is 5.32 Å². The summed E-state index contributed by atoms with van der Waals surface area (Å²) in [5, 5.41) is 4.10. The van der Waals surface area contributed by atoms with Crippen molar-refractivity contribution in [3.05, 3.63) is 48.0 Å². The van der Waals surface area contributed by atoms with Gasteiger partial charge in [0.1, 0.15) is 5.84 Å².